The zero-order valence-corrected chi connectivity index (χ0v) is 13.9. The minimum atomic E-state index is -5.08. The van der Waals surface area contributed by atoms with Gasteiger partial charge >= 0.3 is 12.1 Å². The highest BCUT2D eigenvalue weighted by Gasteiger charge is 2.38. The van der Waals surface area contributed by atoms with Gasteiger partial charge in [0.25, 0.3) is 0 Å². The Hall–Kier alpha value is -2.69. The first-order valence-corrected chi connectivity index (χ1v) is 7.66. The van der Waals surface area contributed by atoms with Crippen LogP contribution in [0, 0.1) is 5.92 Å². The van der Waals surface area contributed by atoms with Crippen LogP contribution in [0.5, 0.6) is 5.88 Å². The summed E-state index contributed by atoms with van der Waals surface area (Å²) in [5, 5.41) is 8.11. The maximum Gasteiger partial charge on any atom is 0.490 e. The molecule has 0 bridgehead atoms. The van der Waals surface area contributed by atoms with Gasteiger partial charge in [-0.1, -0.05) is 0 Å². The fourth-order valence-corrected chi connectivity index (χ4v) is 2.45. The summed E-state index contributed by atoms with van der Waals surface area (Å²) in [4.78, 5) is 24.0. The van der Waals surface area contributed by atoms with Gasteiger partial charge in [0.15, 0.2) is 0 Å². The van der Waals surface area contributed by atoms with Gasteiger partial charge in [0.1, 0.15) is 12.1 Å². The molecule has 1 saturated heterocycles. The molecule has 142 valence electrons. The maximum atomic E-state index is 10.6. The van der Waals surface area contributed by atoms with E-state index in [0.717, 1.165) is 42.8 Å². The minimum absolute atomic E-state index is 0.586. The van der Waals surface area contributed by atoms with Crippen LogP contribution in [0.4, 0.5) is 19.0 Å². The number of nitrogens with zero attached hydrogens (tertiary/aromatic N) is 4. The first-order valence-electron chi connectivity index (χ1n) is 7.66. The van der Waals surface area contributed by atoms with Gasteiger partial charge in [0.05, 0.1) is 18.8 Å². The number of carboxylic acid groups (broad SMARTS) is 1. The topological polar surface area (TPSA) is 114 Å². The third-order valence-corrected chi connectivity index (χ3v) is 3.76. The van der Waals surface area contributed by atoms with Crippen LogP contribution in [0.15, 0.2) is 18.6 Å². The number of nitrogens with two attached hydrogens (primary N) is 1. The number of ether oxygens (including phenoxy) is 1. The summed E-state index contributed by atoms with van der Waals surface area (Å²) in [6, 6.07) is 1.89. The molecule has 3 rings (SSSR count). The average molecular weight is 373 g/mol. The Labute approximate surface area is 146 Å². The van der Waals surface area contributed by atoms with Crippen LogP contribution in [0.1, 0.15) is 6.42 Å². The van der Waals surface area contributed by atoms with Crippen molar-refractivity contribution in [2.24, 2.45) is 11.7 Å². The van der Waals surface area contributed by atoms with Crippen molar-refractivity contribution in [1.82, 2.24) is 15.0 Å². The Morgan fingerprint density at radius 1 is 1.38 bits per heavy atom. The molecular formula is C15H18F3N5O3. The van der Waals surface area contributed by atoms with Crippen molar-refractivity contribution in [2.45, 2.75) is 12.6 Å². The second-order valence-electron chi connectivity index (χ2n) is 5.59. The van der Waals surface area contributed by atoms with Crippen molar-refractivity contribution in [3.05, 3.63) is 18.6 Å². The lowest BCUT2D eigenvalue weighted by atomic mass is 9.96. The molecule has 3 heterocycles. The Morgan fingerprint density at radius 3 is 2.58 bits per heavy atom. The van der Waals surface area contributed by atoms with E-state index >= 15 is 0 Å². The molecule has 2 aromatic heterocycles. The first kappa shape index (κ1) is 19.6. The van der Waals surface area contributed by atoms with Crippen LogP contribution in [0.3, 0.4) is 0 Å². The second kappa shape index (κ2) is 8.13. The predicted octanol–water partition coefficient (Wildman–Crippen LogP) is 1.45. The van der Waals surface area contributed by atoms with Crippen molar-refractivity contribution in [2.75, 3.05) is 31.6 Å². The summed E-state index contributed by atoms with van der Waals surface area (Å²) in [6.45, 7) is 2.77. The number of halogens is 3. The lowest BCUT2D eigenvalue weighted by Gasteiger charge is -2.40. The monoisotopic (exact) mass is 373 g/mol. The molecule has 1 aliphatic heterocycles. The van der Waals surface area contributed by atoms with Crippen molar-refractivity contribution in [1.29, 1.82) is 0 Å². The molecule has 0 unspecified atom stereocenters. The molecule has 0 atom stereocenters. The highest BCUT2D eigenvalue weighted by atomic mass is 19.4. The Morgan fingerprint density at radius 2 is 2.04 bits per heavy atom. The third kappa shape index (κ3) is 4.69. The van der Waals surface area contributed by atoms with Gasteiger partial charge in [0.2, 0.25) is 5.88 Å². The molecule has 3 N–H and O–H groups in total. The SMILES string of the molecule is COc1cc2c(N3CC(CCN)C3)ncnc2cn1.O=C(O)C(F)(F)F. The Balaban J connectivity index is 0.000000298. The van der Waals surface area contributed by atoms with Gasteiger partial charge in [-0.15, -0.1) is 0 Å². The number of hydrogen-bond donors (Lipinski definition) is 2. The van der Waals surface area contributed by atoms with Crippen molar-refractivity contribution in [3.63, 3.8) is 0 Å². The number of rotatable bonds is 4. The number of alkyl halides is 3. The van der Waals surface area contributed by atoms with E-state index in [2.05, 4.69) is 19.9 Å². The van der Waals surface area contributed by atoms with E-state index in [1.54, 1.807) is 19.6 Å². The number of methoxy groups -OCH3 is 1. The van der Waals surface area contributed by atoms with E-state index in [0.29, 0.717) is 11.8 Å². The van der Waals surface area contributed by atoms with Gasteiger partial charge in [-0.05, 0) is 18.9 Å². The zero-order valence-electron chi connectivity index (χ0n) is 13.9. The molecule has 1 fully saturated rings. The van der Waals surface area contributed by atoms with Gasteiger partial charge in [0, 0.05) is 24.5 Å². The molecule has 26 heavy (non-hydrogen) atoms. The molecule has 8 nitrogen and oxygen atoms in total. The summed E-state index contributed by atoms with van der Waals surface area (Å²) < 4.78 is 36.9. The van der Waals surface area contributed by atoms with Crippen molar-refractivity contribution >= 4 is 22.7 Å². The molecule has 0 saturated carbocycles. The van der Waals surface area contributed by atoms with E-state index in [4.69, 9.17) is 20.4 Å². The van der Waals surface area contributed by atoms with Gasteiger partial charge < -0.3 is 20.5 Å². The van der Waals surface area contributed by atoms with Crippen LogP contribution in [-0.4, -0.2) is 58.9 Å². The fraction of sp³-hybridized carbons (Fsp3) is 0.467. The van der Waals surface area contributed by atoms with Gasteiger partial charge in [-0.25, -0.2) is 19.7 Å². The number of anilines is 1. The molecular weight excluding hydrogens is 355 g/mol. The van der Waals surface area contributed by atoms with E-state index < -0.39 is 12.1 Å². The summed E-state index contributed by atoms with van der Waals surface area (Å²) in [5.41, 5.74) is 6.42. The van der Waals surface area contributed by atoms with E-state index in [1.165, 1.54) is 0 Å². The number of pyridine rings is 1. The van der Waals surface area contributed by atoms with Crippen LogP contribution >= 0.6 is 0 Å². The quantitative estimate of drug-likeness (QED) is 0.828. The van der Waals surface area contributed by atoms with Crippen LogP contribution in [0.25, 0.3) is 10.9 Å². The second-order valence-corrected chi connectivity index (χ2v) is 5.59. The molecule has 2 aromatic rings. The van der Waals surface area contributed by atoms with E-state index in [9.17, 15) is 13.2 Å². The van der Waals surface area contributed by atoms with Gasteiger partial charge in [-0.3, -0.25) is 0 Å². The first-order chi connectivity index (χ1) is 12.3. The maximum absolute atomic E-state index is 10.6. The predicted molar refractivity (Wildman–Crippen MR) is 87.0 cm³/mol. The third-order valence-electron chi connectivity index (χ3n) is 3.76. The molecule has 0 amide bonds. The molecule has 0 aliphatic carbocycles. The lowest BCUT2D eigenvalue weighted by molar-refractivity contribution is -0.192. The lowest BCUT2D eigenvalue weighted by Crippen LogP contribution is -2.48. The molecule has 11 heteroatoms. The van der Waals surface area contributed by atoms with E-state index in [1.807, 2.05) is 6.07 Å². The standard InChI is InChI=1S/C13H17N5O.C2HF3O2/c1-19-12-4-10-11(5-15-12)16-8-17-13(10)18-6-9(7-18)2-3-14;3-2(4,5)1(6)7/h4-5,8-9H,2-3,6-7,14H2,1H3;(H,6,7). The number of aromatic nitrogens is 3. The normalized spacial score (nSPS) is 14.4. The van der Waals surface area contributed by atoms with Crippen LogP contribution in [0.2, 0.25) is 0 Å². The number of carboxylic acids is 1. The largest absolute Gasteiger partial charge is 0.490 e. The van der Waals surface area contributed by atoms with Crippen LogP contribution < -0.4 is 15.4 Å². The summed E-state index contributed by atoms with van der Waals surface area (Å²) in [7, 11) is 1.61. The van der Waals surface area contributed by atoms with E-state index in [-0.39, 0.29) is 0 Å². The number of carbonyl (C=O) groups is 1. The summed E-state index contributed by atoms with van der Waals surface area (Å²) in [5.74, 6) is -0.534. The summed E-state index contributed by atoms with van der Waals surface area (Å²) in [6.07, 6.45) is -0.705. The smallest absolute Gasteiger partial charge is 0.481 e. The Kier molecular flexibility index (Phi) is 6.14. The highest BCUT2D eigenvalue weighted by Crippen LogP contribution is 2.30. The minimum Gasteiger partial charge on any atom is -0.481 e. The number of fused-ring (bicyclic) bond motifs is 1. The zero-order chi connectivity index (χ0) is 19.3. The molecule has 0 radical (unpaired) electrons. The number of aliphatic carboxylic acids is 1. The van der Waals surface area contributed by atoms with Crippen molar-refractivity contribution < 1.29 is 27.8 Å². The van der Waals surface area contributed by atoms with Crippen molar-refractivity contribution in [3.8, 4) is 5.88 Å². The van der Waals surface area contributed by atoms with Gasteiger partial charge in [-0.2, -0.15) is 13.2 Å². The average Bonchev–Trinajstić information content (AvgIpc) is 2.56. The Bertz CT molecular complexity index is 766. The molecule has 0 aromatic carbocycles. The number of hydrogen-bond acceptors (Lipinski definition) is 7. The fourth-order valence-electron chi connectivity index (χ4n) is 2.45. The van der Waals surface area contributed by atoms with Crippen LogP contribution in [-0.2, 0) is 4.79 Å². The molecule has 0 spiro atoms. The highest BCUT2D eigenvalue weighted by molar-refractivity contribution is 5.89. The summed E-state index contributed by atoms with van der Waals surface area (Å²) >= 11 is 0. The molecule has 1 aliphatic rings.